The molecule has 4 rings (SSSR count). The molecule has 30 heavy (non-hydrogen) atoms. The predicted molar refractivity (Wildman–Crippen MR) is 122 cm³/mol. The van der Waals surface area contributed by atoms with Crippen molar-refractivity contribution < 1.29 is 4.79 Å². The Bertz CT molecular complexity index is 1080. The van der Waals surface area contributed by atoms with Gasteiger partial charge in [0.15, 0.2) is 0 Å². The molecule has 0 aliphatic heterocycles. The molecular weight excluding hydrogens is 392 g/mol. The third-order valence-electron chi connectivity index (χ3n) is 4.83. The summed E-state index contributed by atoms with van der Waals surface area (Å²) in [6.07, 6.45) is 5.91. The van der Waals surface area contributed by atoms with Crippen LogP contribution in [0.15, 0.2) is 91.4 Å². The lowest BCUT2D eigenvalue weighted by Gasteiger charge is -2.14. The minimum absolute atomic E-state index is 0.00411. The second-order valence-corrected chi connectivity index (χ2v) is 8.01. The van der Waals surface area contributed by atoms with Gasteiger partial charge in [-0.1, -0.05) is 48.5 Å². The van der Waals surface area contributed by atoms with Gasteiger partial charge < -0.3 is 9.88 Å². The molecule has 1 atom stereocenters. The van der Waals surface area contributed by atoms with Gasteiger partial charge in [0, 0.05) is 23.7 Å². The third-order valence-corrected chi connectivity index (χ3v) is 5.82. The first-order valence-corrected chi connectivity index (χ1v) is 11.1. The predicted octanol–water partition coefficient (Wildman–Crippen LogP) is 4.77. The van der Waals surface area contributed by atoms with E-state index in [1.807, 2.05) is 103 Å². The smallest absolute Gasteiger partial charge is 0.230 e. The zero-order chi connectivity index (χ0) is 20.8. The Kier molecular flexibility index (Phi) is 6.35. The molecule has 0 aliphatic carbocycles. The quantitative estimate of drug-likeness (QED) is 0.450. The number of hydrogen-bond acceptors (Lipinski definition) is 3. The lowest BCUT2D eigenvalue weighted by molar-refractivity contribution is -0.119. The van der Waals surface area contributed by atoms with Crippen LogP contribution >= 0.6 is 11.8 Å². The molecule has 2 aromatic carbocycles. The molecule has 0 spiro atoms. The second-order valence-electron chi connectivity index (χ2n) is 7.02. The molecule has 0 radical (unpaired) electrons. The van der Waals surface area contributed by atoms with Gasteiger partial charge in [0.25, 0.3) is 0 Å². The van der Waals surface area contributed by atoms with Gasteiger partial charge in [0.2, 0.25) is 5.91 Å². The average molecular weight is 417 g/mol. The third kappa shape index (κ3) is 4.66. The Morgan fingerprint density at radius 3 is 2.37 bits per heavy atom. The molecular formula is C24H24N4OS. The molecule has 6 heteroatoms. The Hall–Kier alpha value is -3.25. The molecule has 152 valence electrons. The van der Waals surface area contributed by atoms with Crippen LogP contribution in [0.5, 0.6) is 0 Å². The van der Waals surface area contributed by atoms with Crippen molar-refractivity contribution in [3.63, 3.8) is 0 Å². The number of rotatable bonds is 8. The van der Waals surface area contributed by atoms with Crippen LogP contribution in [-0.2, 0) is 10.5 Å². The molecule has 0 fully saturated rings. The normalized spacial score (nSPS) is 11.9. The zero-order valence-electron chi connectivity index (χ0n) is 16.8. The van der Waals surface area contributed by atoms with Gasteiger partial charge >= 0.3 is 0 Å². The number of nitrogens with zero attached hydrogens (tertiary/aromatic N) is 3. The van der Waals surface area contributed by atoms with Gasteiger partial charge in [0.1, 0.15) is 5.82 Å². The van der Waals surface area contributed by atoms with Gasteiger partial charge in [-0.25, -0.2) is 4.68 Å². The Morgan fingerprint density at radius 1 is 1.00 bits per heavy atom. The second kappa shape index (κ2) is 9.50. The lowest BCUT2D eigenvalue weighted by atomic mass is 10.1. The van der Waals surface area contributed by atoms with Crippen molar-refractivity contribution in [1.82, 2.24) is 19.7 Å². The fourth-order valence-electron chi connectivity index (χ4n) is 3.35. The SMILES string of the molecule is C[C@H](NC(=O)CSCc1cnn(-c2ccccc2)c1-n1cccc1)c1ccccc1. The number of benzene rings is 2. The summed E-state index contributed by atoms with van der Waals surface area (Å²) in [4.78, 5) is 12.4. The number of amides is 1. The van der Waals surface area contributed by atoms with Crippen LogP contribution in [0.1, 0.15) is 24.1 Å². The zero-order valence-corrected chi connectivity index (χ0v) is 17.6. The van der Waals surface area contributed by atoms with E-state index in [1.54, 1.807) is 11.8 Å². The summed E-state index contributed by atoms with van der Waals surface area (Å²) in [6.45, 7) is 2.01. The number of para-hydroxylation sites is 1. The highest BCUT2D eigenvalue weighted by Crippen LogP contribution is 2.23. The van der Waals surface area contributed by atoms with E-state index in [9.17, 15) is 4.79 Å². The van der Waals surface area contributed by atoms with E-state index < -0.39 is 0 Å². The molecule has 0 saturated heterocycles. The standard InChI is InChI=1S/C24H24N4OS/c1-19(20-10-4-2-5-11-20)26-23(29)18-30-17-21-16-25-28(22-12-6-3-7-13-22)24(21)27-14-8-9-15-27/h2-16,19H,17-18H2,1H3,(H,26,29)/t19-/m0/s1. The van der Waals surface area contributed by atoms with Crippen molar-refractivity contribution in [2.24, 2.45) is 0 Å². The van der Waals surface area contributed by atoms with E-state index in [-0.39, 0.29) is 11.9 Å². The fraction of sp³-hybridized carbons (Fsp3) is 0.167. The van der Waals surface area contributed by atoms with Gasteiger partial charge in [-0.3, -0.25) is 4.79 Å². The number of hydrogen-bond donors (Lipinski definition) is 1. The molecule has 5 nitrogen and oxygen atoms in total. The highest BCUT2D eigenvalue weighted by atomic mass is 32.2. The summed E-state index contributed by atoms with van der Waals surface area (Å²) in [5.74, 6) is 2.14. The number of aromatic nitrogens is 3. The van der Waals surface area contributed by atoms with Crippen LogP contribution in [0.4, 0.5) is 0 Å². The summed E-state index contributed by atoms with van der Waals surface area (Å²) < 4.78 is 4.00. The minimum atomic E-state index is -0.00411. The first-order valence-electron chi connectivity index (χ1n) is 9.90. The van der Waals surface area contributed by atoms with Crippen molar-refractivity contribution in [2.75, 3.05) is 5.75 Å². The summed E-state index contributed by atoms with van der Waals surface area (Å²) in [7, 11) is 0. The molecule has 0 bridgehead atoms. The van der Waals surface area contributed by atoms with Gasteiger partial charge in [-0.15, -0.1) is 11.8 Å². The van der Waals surface area contributed by atoms with Crippen molar-refractivity contribution in [1.29, 1.82) is 0 Å². The van der Waals surface area contributed by atoms with Crippen molar-refractivity contribution in [3.8, 4) is 11.5 Å². The van der Waals surface area contributed by atoms with Crippen LogP contribution in [0.2, 0.25) is 0 Å². The molecule has 1 N–H and O–H groups in total. The Morgan fingerprint density at radius 2 is 1.67 bits per heavy atom. The van der Waals surface area contributed by atoms with Gasteiger partial charge in [-0.2, -0.15) is 5.10 Å². The van der Waals surface area contributed by atoms with E-state index in [0.717, 1.165) is 22.6 Å². The van der Waals surface area contributed by atoms with Gasteiger partial charge in [0.05, 0.1) is 23.7 Å². The largest absolute Gasteiger partial charge is 0.349 e. The van der Waals surface area contributed by atoms with Crippen LogP contribution in [0, 0.1) is 0 Å². The first kappa shape index (κ1) is 20.0. The molecule has 0 unspecified atom stereocenters. The van der Waals surface area contributed by atoms with E-state index >= 15 is 0 Å². The van der Waals surface area contributed by atoms with Crippen molar-refractivity contribution in [3.05, 3.63) is 103 Å². The van der Waals surface area contributed by atoms with E-state index in [0.29, 0.717) is 11.5 Å². The molecule has 2 heterocycles. The highest BCUT2D eigenvalue weighted by molar-refractivity contribution is 7.99. The molecule has 0 saturated carbocycles. The van der Waals surface area contributed by atoms with E-state index in [2.05, 4.69) is 15.0 Å². The van der Waals surface area contributed by atoms with Crippen molar-refractivity contribution >= 4 is 17.7 Å². The van der Waals surface area contributed by atoms with Crippen LogP contribution in [0.25, 0.3) is 11.5 Å². The summed E-state index contributed by atoms with van der Waals surface area (Å²) in [5, 5.41) is 7.68. The molecule has 4 aromatic rings. The summed E-state index contributed by atoms with van der Waals surface area (Å²) >= 11 is 1.59. The highest BCUT2D eigenvalue weighted by Gasteiger charge is 2.15. The summed E-state index contributed by atoms with van der Waals surface area (Å²) in [5.41, 5.74) is 3.20. The first-order chi connectivity index (χ1) is 14.7. The maximum absolute atomic E-state index is 12.4. The summed E-state index contributed by atoms with van der Waals surface area (Å²) in [6, 6.07) is 24.1. The topological polar surface area (TPSA) is 51.9 Å². The van der Waals surface area contributed by atoms with Crippen LogP contribution in [-0.4, -0.2) is 26.0 Å². The van der Waals surface area contributed by atoms with E-state index in [4.69, 9.17) is 0 Å². The minimum Gasteiger partial charge on any atom is -0.349 e. The fourth-order valence-corrected chi connectivity index (χ4v) is 4.14. The van der Waals surface area contributed by atoms with Crippen LogP contribution in [0.3, 0.4) is 0 Å². The lowest BCUT2D eigenvalue weighted by Crippen LogP contribution is -2.28. The number of thioether (sulfide) groups is 1. The monoisotopic (exact) mass is 416 g/mol. The number of carbonyl (C=O) groups excluding carboxylic acids is 1. The maximum Gasteiger partial charge on any atom is 0.230 e. The Labute approximate surface area is 180 Å². The van der Waals surface area contributed by atoms with Gasteiger partial charge in [-0.05, 0) is 36.8 Å². The molecule has 2 aromatic heterocycles. The molecule has 1 amide bonds. The number of nitrogens with one attached hydrogen (secondary N) is 1. The Balaban J connectivity index is 1.43. The maximum atomic E-state index is 12.4. The molecule has 0 aliphatic rings. The van der Waals surface area contributed by atoms with Crippen molar-refractivity contribution in [2.45, 2.75) is 18.7 Å². The number of carbonyl (C=O) groups is 1. The van der Waals surface area contributed by atoms with E-state index in [1.165, 1.54) is 0 Å². The van der Waals surface area contributed by atoms with Crippen LogP contribution < -0.4 is 5.32 Å². The average Bonchev–Trinajstić information content (AvgIpc) is 3.44.